The zero-order chi connectivity index (χ0) is 27.7. The molecule has 0 unspecified atom stereocenters. The molecule has 3 rings (SSSR count). The number of hydrazone groups is 1. The molecule has 3 aromatic carbocycles. The molecule has 0 fully saturated rings. The molecular weight excluding hydrogens is 623 g/mol. The van der Waals surface area contributed by atoms with Crippen LogP contribution >= 0.6 is 34.2 Å². The summed E-state index contributed by atoms with van der Waals surface area (Å²) in [6.45, 7) is 3.80. The number of carbonyl (C=O) groups excluding carboxylic acids is 3. The predicted octanol–water partition coefficient (Wildman–Crippen LogP) is 4.35. The van der Waals surface area contributed by atoms with E-state index in [9.17, 15) is 14.4 Å². The lowest BCUT2D eigenvalue weighted by atomic mass is 10.1. The molecule has 0 saturated carbocycles. The van der Waals surface area contributed by atoms with Gasteiger partial charge in [0.25, 0.3) is 5.91 Å². The zero-order valence-electron chi connectivity index (χ0n) is 20.9. The third-order valence-corrected chi connectivity index (χ3v) is 6.27. The van der Waals surface area contributed by atoms with Crippen LogP contribution in [-0.4, -0.2) is 37.7 Å². The van der Waals surface area contributed by atoms with Crippen molar-refractivity contribution in [2.75, 3.05) is 19.0 Å². The summed E-state index contributed by atoms with van der Waals surface area (Å²) >= 11 is 8.05. The van der Waals surface area contributed by atoms with Gasteiger partial charge in [-0.05, 0) is 77.4 Å². The Hall–Kier alpha value is -3.64. The number of methoxy groups -OCH3 is 1. The van der Waals surface area contributed by atoms with Crippen LogP contribution in [0.15, 0.2) is 59.7 Å². The maximum absolute atomic E-state index is 12.4. The fourth-order valence-electron chi connectivity index (χ4n) is 3.19. The van der Waals surface area contributed by atoms with E-state index < -0.39 is 11.8 Å². The monoisotopic (exact) mass is 648 g/mol. The maximum atomic E-state index is 12.4. The molecule has 0 atom stereocenters. The number of anilines is 1. The number of hydrogen-bond acceptors (Lipinski definition) is 6. The second kappa shape index (κ2) is 13.8. The van der Waals surface area contributed by atoms with Crippen molar-refractivity contribution in [3.63, 3.8) is 0 Å². The van der Waals surface area contributed by atoms with Crippen LogP contribution in [0.2, 0.25) is 5.02 Å². The van der Waals surface area contributed by atoms with Crippen molar-refractivity contribution in [2.45, 2.75) is 20.4 Å². The smallest absolute Gasteiger partial charge is 0.329 e. The first-order chi connectivity index (χ1) is 18.2. The average molecular weight is 649 g/mol. The van der Waals surface area contributed by atoms with Gasteiger partial charge in [0.05, 0.1) is 16.9 Å². The second-order valence-electron chi connectivity index (χ2n) is 8.20. The number of ether oxygens (including phenoxy) is 2. The van der Waals surface area contributed by atoms with Crippen molar-refractivity contribution >= 4 is 63.8 Å². The Kier molecular flexibility index (Phi) is 10.5. The highest BCUT2D eigenvalue weighted by molar-refractivity contribution is 14.1. The van der Waals surface area contributed by atoms with E-state index in [1.807, 2.05) is 66.8 Å². The SMILES string of the molecule is COc1cc(/C=N\NC(=O)C(=O)NCc2ccc(C)cc2)cc(I)c1OCC(=O)Nc1cc(Cl)ccc1C. The molecule has 0 spiro atoms. The van der Waals surface area contributed by atoms with Gasteiger partial charge in [0.2, 0.25) is 0 Å². The van der Waals surface area contributed by atoms with Crippen LogP contribution in [-0.2, 0) is 20.9 Å². The molecule has 0 aliphatic rings. The van der Waals surface area contributed by atoms with Crippen LogP contribution in [0, 0.1) is 17.4 Å². The highest BCUT2D eigenvalue weighted by Gasteiger charge is 2.15. The lowest BCUT2D eigenvalue weighted by molar-refractivity contribution is -0.139. The minimum absolute atomic E-state index is 0.226. The number of nitrogens with one attached hydrogen (secondary N) is 3. The summed E-state index contributed by atoms with van der Waals surface area (Å²) in [5, 5.41) is 9.68. The molecule has 0 bridgehead atoms. The van der Waals surface area contributed by atoms with E-state index in [0.29, 0.717) is 31.3 Å². The van der Waals surface area contributed by atoms with Gasteiger partial charge in [-0.25, -0.2) is 5.43 Å². The van der Waals surface area contributed by atoms with E-state index in [4.69, 9.17) is 21.1 Å². The van der Waals surface area contributed by atoms with Crippen LogP contribution < -0.4 is 25.5 Å². The van der Waals surface area contributed by atoms with E-state index >= 15 is 0 Å². The van der Waals surface area contributed by atoms with Gasteiger partial charge in [-0.1, -0.05) is 47.5 Å². The zero-order valence-corrected chi connectivity index (χ0v) is 23.8. The van der Waals surface area contributed by atoms with Crippen molar-refractivity contribution in [3.05, 3.63) is 85.4 Å². The summed E-state index contributed by atoms with van der Waals surface area (Å²) in [5.41, 5.74) is 6.23. The van der Waals surface area contributed by atoms with E-state index in [0.717, 1.165) is 16.7 Å². The fourth-order valence-corrected chi connectivity index (χ4v) is 4.15. The van der Waals surface area contributed by atoms with E-state index in [2.05, 4.69) is 21.2 Å². The highest BCUT2D eigenvalue weighted by atomic mass is 127. The molecule has 3 N–H and O–H groups in total. The lowest BCUT2D eigenvalue weighted by Crippen LogP contribution is -2.37. The largest absolute Gasteiger partial charge is 0.493 e. The number of nitrogens with zero attached hydrogens (tertiary/aromatic N) is 1. The van der Waals surface area contributed by atoms with Crippen molar-refractivity contribution < 1.29 is 23.9 Å². The predicted molar refractivity (Wildman–Crippen MR) is 155 cm³/mol. The molecule has 3 amide bonds. The van der Waals surface area contributed by atoms with Gasteiger partial charge in [0.1, 0.15) is 0 Å². The number of aryl methyl sites for hydroxylation is 2. The number of hydrogen-bond donors (Lipinski definition) is 3. The van der Waals surface area contributed by atoms with E-state index in [1.54, 1.807) is 24.3 Å². The van der Waals surface area contributed by atoms with Gasteiger partial charge in [0.15, 0.2) is 18.1 Å². The quantitative estimate of drug-likeness (QED) is 0.138. The normalized spacial score (nSPS) is 10.7. The third kappa shape index (κ3) is 8.45. The minimum Gasteiger partial charge on any atom is -0.493 e. The third-order valence-electron chi connectivity index (χ3n) is 5.23. The highest BCUT2D eigenvalue weighted by Crippen LogP contribution is 2.33. The molecule has 0 radical (unpaired) electrons. The van der Waals surface area contributed by atoms with Gasteiger partial charge in [-0.2, -0.15) is 5.10 Å². The molecule has 11 heteroatoms. The van der Waals surface area contributed by atoms with Crippen LogP contribution in [0.3, 0.4) is 0 Å². The van der Waals surface area contributed by atoms with Crippen LogP contribution in [0.5, 0.6) is 11.5 Å². The Morgan fingerprint density at radius 3 is 2.47 bits per heavy atom. The van der Waals surface area contributed by atoms with E-state index in [-0.39, 0.29) is 19.1 Å². The first-order valence-corrected chi connectivity index (χ1v) is 12.8. The Bertz CT molecular complexity index is 1360. The van der Waals surface area contributed by atoms with Crippen molar-refractivity contribution in [1.29, 1.82) is 0 Å². The molecule has 198 valence electrons. The minimum atomic E-state index is -0.893. The molecule has 3 aromatic rings. The molecule has 0 saturated heterocycles. The Labute approximate surface area is 239 Å². The van der Waals surface area contributed by atoms with Crippen LogP contribution in [0.25, 0.3) is 0 Å². The van der Waals surface area contributed by atoms with Crippen LogP contribution in [0.1, 0.15) is 22.3 Å². The molecule has 0 aliphatic heterocycles. The Balaban J connectivity index is 1.55. The van der Waals surface area contributed by atoms with Gasteiger partial charge >= 0.3 is 11.8 Å². The van der Waals surface area contributed by atoms with Crippen molar-refractivity contribution in [2.24, 2.45) is 5.10 Å². The Morgan fingerprint density at radius 2 is 1.76 bits per heavy atom. The number of halogens is 2. The molecule has 0 heterocycles. The van der Waals surface area contributed by atoms with Gasteiger partial charge < -0.3 is 20.1 Å². The number of amides is 3. The molecular formula is C27H26ClIN4O5. The maximum Gasteiger partial charge on any atom is 0.329 e. The van der Waals surface area contributed by atoms with Gasteiger partial charge in [-0.3, -0.25) is 14.4 Å². The first-order valence-electron chi connectivity index (χ1n) is 11.4. The second-order valence-corrected chi connectivity index (χ2v) is 9.80. The summed E-state index contributed by atoms with van der Waals surface area (Å²) in [5.74, 6) is -1.31. The summed E-state index contributed by atoms with van der Waals surface area (Å²) in [6, 6.07) is 16.2. The lowest BCUT2D eigenvalue weighted by Gasteiger charge is -2.14. The van der Waals surface area contributed by atoms with Crippen LogP contribution in [0.4, 0.5) is 5.69 Å². The number of carbonyl (C=O) groups is 3. The van der Waals surface area contributed by atoms with Gasteiger partial charge in [-0.15, -0.1) is 0 Å². The number of rotatable bonds is 9. The van der Waals surface area contributed by atoms with E-state index in [1.165, 1.54) is 13.3 Å². The summed E-state index contributed by atoms with van der Waals surface area (Å²) in [4.78, 5) is 36.5. The Morgan fingerprint density at radius 1 is 1.03 bits per heavy atom. The molecule has 9 nitrogen and oxygen atoms in total. The summed E-state index contributed by atoms with van der Waals surface area (Å²) in [6.07, 6.45) is 1.37. The number of benzene rings is 3. The average Bonchev–Trinajstić information content (AvgIpc) is 2.89. The standard InChI is InChI=1S/C27H26ClIN4O5/c1-16-4-7-18(8-5-16)13-30-26(35)27(36)33-31-14-19-10-21(29)25(23(11-19)37-3)38-15-24(34)32-22-12-20(28)9-6-17(22)2/h4-12,14H,13,15H2,1-3H3,(H,30,35)(H,32,34)(H,33,36)/b31-14-. The molecule has 0 aromatic heterocycles. The topological polar surface area (TPSA) is 118 Å². The summed E-state index contributed by atoms with van der Waals surface area (Å²) in [7, 11) is 1.47. The van der Waals surface area contributed by atoms with Crippen molar-refractivity contribution in [1.82, 2.24) is 10.7 Å². The van der Waals surface area contributed by atoms with Gasteiger partial charge in [0, 0.05) is 17.3 Å². The summed E-state index contributed by atoms with van der Waals surface area (Å²) < 4.78 is 11.8. The first kappa shape index (κ1) is 28.9. The molecule has 0 aliphatic carbocycles. The fraction of sp³-hybridized carbons (Fsp3) is 0.185. The molecule has 38 heavy (non-hydrogen) atoms. The van der Waals surface area contributed by atoms with Crippen molar-refractivity contribution in [3.8, 4) is 11.5 Å².